The topological polar surface area (TPSA) is 78.8 Å². The molecule has 0 bridgehead atoms. The highest BCUT2D eigenvalue weighted by Crippen LogP contribution is 2.34. The van der Waals surface area contributed by atoms with Crippen molar-refractivity contribution in [3.8, 4) is 11.5 Å². The number of nitrogens with one attached hydrogen (secondary N) is 1. The van der Waals surface area contributed by atoms with Crippen LogP contribution in [0.25, 0.3) is 0 Å². The number of carbonyl (C=O) groups is 1. The zero-order valence-electron chi connectivity index (χ0n) is 14.5. The first-order valence-electron chi connectivity index (χ1n) is 8.64. The van der Waals surface area contributed by atoms with Gasteiger partial charge in [0.25, 0.3) is 11.5 Å². The van der Waals surface area contributed by atoms with Crippen LogP contribution in [0.3, 0.4) is 0 Å². The minimum atomic E-state index is -0.437. The molecule has 2 aromatic rings. The van der Waals surface area contributed by atoms with Gasteiger partial charge in [-0.15, -0.1) is 0 Å². The molecule has 0 spiro atoms. The lowest BCUT2D eigenvalue weighted by atomic mass is 10.1. The van der Waals surface area contributed by atoms with Crippen LogP contribution in [0.5, 0.6) is 11.5 Å². The molecule has 136 valence electrons. The van der Waals surface area contributed by atoms with Crippen molar-refractivity contribution in [3.05, 3.63) is 51.9 Å². The van der Waals surface area contributed by atoms with E-state index in [2.05, 4.69) is 5.32 Å². The molecule has 1 unspecified atom stereocenters. The van der Waals surface area contributed by atoms with E-state index in [9.17, 15) is 9.59 Å². The molecule has 7 nitrogen and oxygen atoms in total. The quantitative estimate of drug-likeness (QED) is 0.910. The standard InChI is InChI=1S/C19H20N2O5/c1-12-6-7-21(10-14-3-2-8-24-14)19(23)17(12)18(22)20-13-4-5-15-16(9-13)26-11-25-15/h4-7,9,14H,2-3,8,10-11H2,1H3,(H,20,22). The third-order valence-electron chi connectivity index (χ3n) is 4.66. The number of ether oxygens (including phenoxy) is 3. The summed E-state index contributed by atoms with van der Waals surface area (Å²) in [5.41, 5.74) is 1.02. The number of aryl methyl sites for hydroxylation is 1. The van der Waals surface area contributed by atoms with E-state index < -0.39 is 5.91 Å². The van der Waals surface area contributed by atoms with Crippen molar-refractivity contribution in [2.24, 2.45) is 0 Å². The van der Waals surface area contributed by atoms with Gasteiger partial charge in [0.2, 0.25) is 6.79 Å². The molecule has 1 N–H and O–H groups in total. The van der Waals surface area contributed by atoms with E-state index in [1.165, 1.54) is 0 Å². The molecule has 0 aliphatic carbocycles. The largest absolute Gasteiger partial charge is 0.454 e. The summed E-state index contributed by atoms with van der Waals surface area (Å²) in [7, 11) is 0. The van der Waals surface area contributed by atoms with Gasteiger partial charge in [0.1, 0.15) is 5.56 Å². The Bertz CT molecular complexity index is 899. The summed E-state index contributed by atoms with van der Waals surface area (Å²) in [5.74, 6) is 0.772. The molecule has 0 radical (unpaired) electrons. The van der Waals surface area contributed by atoms with E-state index in [1.54, 1.807) is 42.0 Å². The lowest BCUT2D eigenvalue weighted by Crippen LogP contribution is -2.32. The van der Waals surface area contributed by atoms with E-state index in [-0.39, 0.29) is 24.0 Å². The minimum absolute atomic E-state index is 0.0279. The normalized spacial score (nSPS) is 18.1. The van der Waals surface area contributed by atoms with Gasteiger partial charge in [-0.3, -0.25) is 9.59 Å². The molecule has 7 heteroatoms. The van der Waals surface area contributed by atoms with Gasteiger partial charge < -0.3 is 24.1 Å². The van der Waals surface area contributed by atoms with Gasteiger partial charge >= 0.3 is 0 Å². The Morgan fingerprint density at radius 1 is 1.27 bits per heavy atom. The molecule has 1 saturated heterocycles. The highest BCUT2D eigenvalue weighted by atomic mass is 16.7. The van der Waals surface area contributed by atoms with Crippen LogP contribution in [0.4, 0.5) is 5.69 Å². The molecular weight excluding hydrogens is 336 g/mol. The van der Waals surface area contributed by atoms with Crippen molar-refractivity contribution < 1.29 is 19.0 Å². The van der Waals surface area contributed by atoms with Crippen LogP contribution in [0.2, 0.25) is 0 Å². The molecule has 1 amide bonds. The number of rotatable bonds is 4. The molecule has 1 aromatic heterocycles. The van der Waals surface area contributed by atoms with Crippen molar-refractivity contribution >= 4 is 11.6 Å². The third kappa shape index (κ3) is 3.17. The maximum Gasteiger partial charge on any atom is 0.263 e. The van der Waals surface area contributed by atoms with Crippen LogP contribution < -0.4 is 20.3 Å². The number of amides is 1. The van der Waals surface area contributed by atoms with Crippen molar-refractivity contribution in [1.82, 2.24) is 4.57 Å². The Labute approximate surface area is 150 Å². The molecule has 0 saturated carbocycles. The average molecular weight is 356 g/mol. The average Bonchev–Trinajstić information content (AvgIpc) is 3.28. The van der Waals surface area contributed by atoms with Crippen LogP contribution in [0.15, 0.2) is 35.3 Å². The number of fused-ring (bicyclic) bond motifs is 1. The summed E-state index contributed by atoms with van der Waals surface area (Å²) in [6.07, 6.45) is 3.68. The number of benzene rings is 1. The van der Waals surface area contributed by atoms with Crippen molar-refractivity contribution in [3.63, 3.8) is 0 Å². The summed E-state index contributed by atoms with van der Waals surface area (Å²) in [6, 6.07) is 6.91. The van der Waals surface area contributed by atoms with Crippen LogP contribution in [-0.4, -0.2) is 30.0 Å². The number of hydrogen-bond acceptors (Lipinski definition) is 5. The van der Waals surface area contributed by atoms with Crippen LogP contribution in [0.1, 0.15) is 28.8 Å². The highest BCUT2D eigenvalue weighted by molar-refractivity contribution is 6.05. The zero-order valence-corrected chi connectivity index (χ0v) is 14.5. The first kappa shape index (κ1) is 16.7. The second-order valence-corrected chi connectivity index (χ2v) is 6.49. The van der Waals surface area contributed by atoms with Gasteiger partial charge in [0.05, 0.1) is 12.6 Å². The lowest BCUT2D eigenvalue weighted by Gasteiger charge is -2.14. The first-order valence-corrected chi connectivity index (χ1v) is 8.64. The van der Waals surface area contributed by atoms with Crippen molar-refractivity contribution in [2.45, 2.75) is 32.4 Å². The van der Waals surface area contributed by atoms with E-state index >= 15 is 0 Å². The van der Waals surface area contributed by atoms with E-state index in [0.29, 0.717) is 29.3 Å². The fourth-order valence-corrected chi connectivity index (χ4v) is 3.26. The molecule has 2 aliphatic rings. The van der Waals surface area contributed by atoms with Gasteiger partial charge in [0, 0.05) is 24.6 Å². The smallest absolute Gasteiger partial charge is 0.263 e. The van der Waals surface area contributed by atoms with E-state index in [4.69, 9.17) is 14.2 Å². The highest BCUT2D eigenvalue weighted by Gasteiger charge is 2.21. The molecule has 1 aromatic carbocycles. The van der Waals surface area contributed by atoms with Gasteiger partial charge in [-0.05, 0) is 43.5 Å². The Morgan fingerprint density at radius 2 is 2.12 bits per heavy atom. The summed E-state index contributed by atoms with van der Waals surface area (Å²) in [6.45, 7) is 3.11. The Hall–Kier alpha value is -2.80. The van der Waals surface area contributed by atoms with Crippen LogP contribution >= 0.6 is 0 Å². The maximum atomic E-state index is 12.8. The Balaban J connectivity index is 1.57. The first-order chi connectivity index (χ1) is 12.6. The second-order valence-electron chi connectivity index (χ2n) is 6.49. The number of nitrogens with zero attached hydrogens (tertiary/aromatic N) is 1. The molecule has 1 atom stereocenters. The Kier molecular flexibility index (Phi) is 4.38. The third-order valence-corrected chi connectivity index (χ3v) is 4.66. The summed E-state index contributed by atoms with van der Waals surface area (Å²) in [5, 5.41) is 2.77. The molecule has 3 heterocycles. The van der Waals surface area contributed by atoms with E-state index in [0.717, 1.165) is 19.4 Å². The number of carbonyl (C=O) groups excluding carboxylic acids is 1. The number of aromatic nitrogens is 1. The zero-order chi connectivity index (χ0) is 18.1. The predicted octanol–water partition coefficient (Wildman–Crippen LogP) is 2.32. The molecule has 1 fully saturated rings. The van der Waals surface area contributed by atoms with Gasteiger partial charge in [-0.2, -0.15) is 0 Å². The van der Waals surface area contributed by atoms with Crippen molar-refractivity contribution in [1.29, 1.82) is 0 Å². The number of pyridine rings is 1. The van der Waals surface area contributed by atoms with Crippen molar-refractivity contribution in [2.75, 3.05) is 18.7 Å². The van der Waals surface area contributed by atoms with Crippen LogP contribution in [-0.2, 0) is 11.3 Å². The number of hydrogen-bond donors (Lipinski definition) is 1. The lowest BCUT2D eigenvalue weighted by molar-refractivity contribution is 0.0952. The van der Waals surface area contributed by atoms with Gasteiger partial charge in [0.15, 0.2) is 11.5 Å². The second kappa shape index (κ2) is 6.84. The summed E-state index contributed by atoms with van der Waals surface area (Å²) >= 11 is 0. The van der Waals surface area contributed by atoms with Crippen LogP contribution in [0, 0.1) is 6.92 Å². The number of anilines is 1. The van der Waals surface area contributed by atoms with Gasteiger partial charge in [-0.25, -0.2) is 0 Å². The fraction of sp³-hybridized carbons (Fsp3) is 0.368. The SMILES string of the molecule is Cc1ccn(CC2CCCO2)c(=O)c1C(=O)Nc1ccc2c(c1)OCO2. The molecule has 4 rings (SSSR count). The fourth-order valence-electron chi connectivity index (χ4n) is 3.26. The molecular formula is C19H20N2O5. The van der Waals surface area contributed by atoms with E-state index in [1.807, 2.05) is 0 Å². The minimum Gasteiger partial charge on any atom is -0.454 e. The Morgan fingerprint density at radius 3 is 2.92 bits per heavy atom. The molecule has 26 heavy (non-hydrogen) atoms. The van der Waals surface area contributed by atoms with Gasteiger partial charge in [-0.1, -0.05) is 0 Å². The summed E-state index contributed by atoms with van der Waals surface area (Å²) in [4.78, 5) is 25.5. The predicted molar refractivity (Wildman–Crippen MR) is 94.9 cm³/mol. The maximum absolute atomic E-state index is 12.8. The summed E-state index contributed by atoms with van der Waals surface area (Å²) < 4.78 is 17.7. The monoisotopic (exact) mass is 356 g/mol. The molecule has 2 aliphatic heterocycles.